The van der Waals surface area contributed by atoms with Gasteiger partial charge in [-0.05, 0) is 92.3 Å². The van der Waals surface area contributed by atoms with Crippen LogP contribution in [0.1, 0.15) is 108 Å². The van der Waals surface area contributed by atoms with Gasteiger partial charge in [-0.2, -0.15) is 4.58 Å². The SMILES string of the molecule is COCCCN1/C(=C/C=C2\CCC(/C=C/C3=[N+](CCCOC)c4ccc(OC)cc4C3(C)C)=C2OC(c2cc(C)[n+](C)c(C)c2)C(C)(C)C)C(C)(C)c2cc(OC)ccc21. The zero-order chi connectivity index (χ0) is 43.6. The van der Waals surface area contributed by atoms with Gasteiger partial charge in [-0.3, -0.25) is 0 Å². The van der Waals surface area contributed by atoms with Crippen molar-refractivity contribution in [2.75, 3.05) is 59.6 Å². The highest BCUT2D eigenvalue weighted by molar-refractivity contribution is 6.03. The van der Waals surface area contributed by atoms with Gasteiger partial charge in [-0.25, -0.2) is 4.57 Å². The Hall–Kier alpha value is -4.66. The summed E-state index contributed by atoms with van der Waals surface area (Å²) < 4.78 is 34.6. The normalized spacial score (nSPS) is 18.9. The summed E-state index contributed by atoms with van der Waals surface area (Å²) in [6.07, 6.45) is 12.8. The van der Waals surface area contributed by atoms with Crippen LogP contribution in [-0.4, -0.2) is 65.0 Å². The van der Waals surface area contributed by atoms with Crippen molar-refractivity contribution in [2.45, 2.75) is 105 Å². The molecule has 1 atom stereocenters. The molecule has 3 aromatic rings. The molecule has 1 aliphatic carbocycles. The fourth-order valence-electron chi connectivity index (χ4n) is 9.32. The van der Waals surface area contributed by atoms with Crippen LogP contribution < -0.4 is 18.9 Å². The number of benzene rings is 2. The van der Waals surface area contributed by atoms with E-state index in [0.717, 1.165) is 56.0 Å². The van der Waals surface area contributed by atoms with E-state index in [4.69, 9.17) is 23.7 Å². The van der Waals surface area contributed by atoms with Crippen molar-refractivity contribution < 1.29 is 32.8 Å². The lowest BCUT2D eigenvalue weighted by Crippen LogP contribution is -2.36. The maximum absolute atomic E-state index is 7.49. The van der Waals surface area contributed by atoms with Gasteiger partial charge in [0, 0.05) is 105 Å². The summed E-state index contributed by atoms with van der Waals surface area (Å²) >= 11 is 0. The van der Waals surface area contributed by atoms with Crippen LogP contribution in [0.4, 0.5) is 11.4 Å². The van der Waals surface area contributed by atoms with E-state index >= 15 is 0 Å². The summed E-state index contributed by atoms with van der Waals surface area (Å²) in [5.74, 6) is 2.73. The molecule has 0 saturated heterocycles. The summed E-state index contributed by atoms with van der Waals surface area (Å²) in [5.41, 5.74) is 12.9. The molecule has 0 radical (unpaired) electrons. The minimum atomic E-state index is -0.239. The lowest BCUT2D eigenvalue weighted by Gasteiger charge is -2.33. The zero-order valence-electron chi connectivity index (χ0n) is 39.0. The van der Waals surface area contributed by atoms with Crippen molar-refractivity contribution in [1.29, 1.82) is 0 Å². The first kappa shape index (κ1) is 44.9. The largest absolute Gasteiger partial charge is 0.497 e. The molecule has 0 N–H and O–H groups in total. The molecule has 60 heavy (non-hydrogen) atoms. The van der Waals surface area contributed by atoms with E-state index in [9.17, 15) is 0 Å². The van der Waals surface area contributed by atoms with Crippen LogP contribution in [0.2, 0.25) is 0 Å². The number of pyridine rings is 1. The Bertz CT molecular complexity index is 2210. The van der Waals surface area contributed by atoms with Gasteiger partial charge in [-0.15, -0.1) is 0 Å². The third-order valence-electron chi connectivity index (χ3n) is 12.9. The molecule has 8 heteroatoms. The van der Waals surface area contributed by atoms with Crippen molar-refractivity contribution in [3.8, 4) is 11.5 Å². The van der Waals surface area contributed by atoms with Crippen LogP contribution in [-0.2, 0) is 32.1 Å². The second-order valence-electron chi connectivity index (χ2n) is 18.8. The summed E-state index contributed by atoms with van der Waals surface area (Å²) in [6, 6.07) is 17.5. The van der Waals surface area contributed by atoms with E-state index in [1.165, 1.54) is 62.0 Å². The van der Waals surface area contributed by atoms with Crippen molar-refractivity contribution in [3.63, 3.8) is 0 Å². The minimum Gasteiger partial charge on any atom is -0.497 e. The number of fused-ring (bicyclic) bond motifs is 2. The molecule has 2 aliphatic heterocycles. The van der Waals surface area contributed by atoms with Crippen LogP contribution in [0.25, 0.3) is 0 Å². The molecule has 2 aromatic carbocycles. The molecule has 0 fully saturated rings. The zero-order valence-corrected chi connectivity index (χ0v) is 39.0. The molecule has 0 spiro atoms. The lowest BCUT2D eigenvalue weighted by molar-refractivity contribution is -0.683. The summed E-state index contributed by atoms with van der Waals surface area (Å²) in [4.78, 5) is 2.47. The molecule has 3 aliphatic rings. The van der Waals surface area contributed by atoms with Crippen LogP contribution in [0.3, 0.4) is 0 Å². The number of methoxy groups -OCH3 is 4. The Morgan fingerprint density at radius 2 is 1.40 bits per heavy atom. The lowest BCUT2D eigenvalue weighted by atomic mass is 9.81. The highest BCUT2D eigenvalue weighted by Gasteiger charge is 2.45. The third-order valence-corrected chi connectivity index (χ3v) is 12.9. The van der Waals surface area contributed by atoms with Gasteiger partial charge < -0.3 is 28.6 Å². The van der Waals surface area contributed by atoms with Gasteiger partial charge in [-0.1, -0.05) is 40.7 Å². The standard InChI is InChI=1S/C52H71N3O5/c1-35-31-39(32-36(2)53(35)10)49(50(3,4)5)60-48-37(19-25-46-51(6,7)42-33-40(58-13)21-23-44(42)54(46)27-15-29-56-11)17-18-38(48)20-26-47-52(8,9)43-34-41(59-14)22-24-45(43)55(47)28-16-30-57-12/h19-26,31-34,49H,15-18,27-30H2,1-14H3/q+2. The molecule has 322 valence electrons. The highest BCUT2D eigenvalue weighted by atomic mass is 16.5. The first-order valence-electron chi connectivity index (χ1n) is 21.7. The van der Waals surface area contributed by atoms with E-state index < -0.39 is 0 Å². The number of hydrogen-bond acceptors (Lipinski definition) is 6. The number of allylic oxidation sites excluding steroid dienone is 7. The van der Waals surface area contributed by atoms with E-state index in [1.807, 2.05) is 0 Å². The Kier molecular flexibility index (Phi) is 13.6. The fraction of sp³-hybridized carbons (Fsp3) is 0.500. The summed E-state index contributed by atoms with van der Waals surface area (Å²) in [7, 11) is 9.16. The van der Waals surface area contributed by atoms with Crippen molar-refractivity contribution in [3.05, 3.63) is 124 Å². The van der Waals surface area contributed by atoms with E-state index in [2.05, 4.69) is 156 Å². The molecule has 6 rings (SSSR count). The second-order valence-corrected chi connectivity index (χ2v) is 18.8. The number of aromatic nitrogens is 1. The smallest absolute Gasteiger partial charge is 0.210 e. The molecule has 0 amide bonds. The average Bonchev–Trinajstić information content (AvgIpc) is 3.76. The topological polar surface area (TPSA) is 56.3 Å². The second kappa shape index (κ2) is 18.1. The fourth-order valence-corrected chi connectivity index (χ4v) is 9.32. The Morgan fingerprint density at radius 1 is 0.767 bits per heavy atom. The molecular formula is C52H71N3O5+2. The average molecular weight is 818 g/mol. The summed E-state index contributed by atoms with van der Waals surface area (Å²) in [6.45, 7) is 23.6. The molecule has 0 saturated carbocycles. The highest BCUT2D eigenvalue weighted by Crippen LogP contribution is 2.50. The quantitative estimate of drug-likeness (QED) is 0.106. The number of aryl methyl sites for hydroxylation is 2. The van der Waals surface area contributed by atoms with E-state index in [-0.39, 0.29) is 22.3 Å². The molecular weight excluding hydrogens is 747 g/mol. The number of hydrogen-bond donors (Lipinski definition) is 0. The maximum Gasteiger partial charge on any atom is 0.210 e. The van der Waals surface area contributed by atoms with Crippen LogP contribution in [0.5, 0.6) is 11.5 Å². The van der Waals surface area contributed by atoms with Crippen molar-refractivity contribution in [2.24, 2.45) is 12.5 Å². The first-order valence-corrected chi connectivity index (χ1v) is 21.7. The first-order chi connectivity index (χ1) is 28.5. The monoisotopic (exact) mass is 818 g/mol. The van der Waals surface area contributed by atoms with Crippen LogP contribution >= 0.6 is 0 Å². The van der Waals surface area contributed by atoms with Crippen molar-refractivity contribution >= 4 is 17.1 Å². The van der Waals surface area contributed by atoms with E-state index in [0.29, 0.717) is 13.2 Å². The molecule has 3 heterocycles. The predicted octanol–water partition coefficient (Wildman–Crippen LogP) is 10.6. The van der Waals surface area contributed by atoms with Crippen LogP contribution in [0.15, 0.2) is 95.4 Å². The van der Waals surface area contributed by atoms with E-state index in [1.54, 1.807) is 28.4 Å². The van der Waals surface area contributed by atoms with Gasteiger partial charge in [0.2, 0.25) is 5.69 Å². The maximum atomic E-state index is 7.49. The predicted molar refractivity (Wildman–Crippen MR) is 244 cm³/mol. The molecule has 1 aromatic heterocycles. The number of anilines is 1. The number of nitrogens with zero attached hydrogens (tertiary/aromatic N) is 3. The van der Waals surface area contributed by atoms with Crippen LogP contribution in [0, 0.1) is 19.3 Å². The van der Waals surface area contributed by atoms with Gasteiger partial charge in [0.1, 0.15) is 30.4 Å². The molecule has 1 unspecified atom stereocenters. The van der Waals surface area contributed by atoms with Gasteiger partial charge >= 0.3 is 0 Å². The minimum absolute atomic E-state index is 0.174. The van der Waals surface area contributed by atoms with Gasteiger partial charge in [0.25, 0.3) is 0 Å². The molecule has 8 nitrogen and oxygen atoms in total. The van der Waals surface area contributed by atoms with Crippen molar-refractivity contribution in [1.82, 2.24) is 0 Å². The Balaban J connectivity index is 1.50. The molecule has 0 bridgehead atoms. The number of ether oxygens (including phenoxy) is 5. The summed E-state index contributed by atoms with van der Waals surface area (Å²) in [5, 5.41) is 0. The van der Waals surface area contributed by atoms with Gasteiger partial charge in [0.15, 0.2) is 23.6 Å². The Morgan fingerprint density at radius 3 is 2.03 bits per heavy atom. The Labute approximate surface area is 360 Å². The number of rotatable bonds is 16. The van der Waals surface area contributed by atoms with Gasteiger partial charge in [0.05, 0.1) is 26.2 Å². The third kappa shape index (κ3) is 8.87.